The summed E-state index contributed by atoms with van der Waals surface area (Å²) in [7, 11) is 1.57. The first-order valence-electron chi connectivity index (χ1n) is 10.8. The van der Waals surface area contributed by atoms with Crippen molar-refractivity contribution in [2.45, 2.75) is 40.8 Å². The molecule has 164 valence electrons. The molecule has 5 heteroatoms. The van der Waals surface area contributed by atoms with Gasteiger partial charge in [0.25, 0.3) is 5.91 Å². The number of methoxy groups -OCH3 is 1. The van der Waals surface area contributed by atoms with Crippen LogP contribution in [0.3, 0.4) is 0 Å². The Hall–Kier alpha value is -3.60. The molecule has 0 bridgehead atoms. The molecule has 4 rings (SSSR count). The van der Waals surface area contributed by atoms with E-state index in [0.717, 1.165) is 16.9 Å². The number of hydrogen-bond acceptors (Lipinski definition) is 3. The topological polar surface area (TPSA) is 56.1 Å². The first kappa shape index (κ1) is 21.6. The summed E-state index contributed by atoms with van der Waals surface area (Å²) in [5.41, 5.74) is 8.99. The second kappa shape index (κ2) is 8.87. The van der Waals surface area contributed by atoms with E-state index in [-0.39, 0.29) is 5.91 Å². The molecular weight excluding hydrogens is 398 g/mol. The van der Waals surface area contributed by atoms with Gasteiger partial charge in [0.1, 0.15) is 11.6 Å². The van der Waals surface area contributed by atoms with Crippen molar-refractivity contribution in [3.63, 3.8) is 0 Å². The standard InChI is InChI=1S/C27H29N3O2/c1-17-14-18(2)20(4)22(19(17)3)16-30-24-12-8-7-11-23(24)29-26(30)15-28-27(31)21-10-6-9-13-25(21)32-5/h6-14H,15-16H2,1-5H3,(H,28,31). The van der Waals surface area contributed by atoms with Crippen molar-refractivity contribution < 1.29 is 9.53 Å². The van der Waals surface area contributed by atoms with Crippen molar-refractivity contribution in [3.8, 4) is 5.75 Å². The number of benzene rings is 3. The van der Waals surface area contributed by atoms with Gasteiger partial charge >= 0.3 is 0 Å². The summed E-state index contributed by atoms with van der Waals surface area (Å²) in [5.74, 6) is 1.20. The van der Waals surface area contributed by atoms with E-state index in [2.05, 4.69) is 49.7 Å². The van der Waals surface area contributed by atoms with Gasteiger partial charge < -0.3 is 14.6 Å². The highest BCUT2D eigenvalue weighted by Gasteiger charge is 2.17. The Morgan fingerprint density at radius 3 is 2.34 bits per heavy atom. The van der Waals surface area contributed by atoms with E-state index in [1.165, 1.54) is 27.8 Å². The van der Waals surface area contributed by atoms with Gasteiger partial charge in [-0.2, -0.15) is 0 Å². The van der Waals surface area contributed by atoms with Crippen LogP contribution in [0.1, 0.15) is 44.0 Å². The SMILES string of the molecule is COc1ccccc1C(=O)NCc1nc2ccccc2n1Cc1c(C)c(C)cc(C)c1C. The molecular formula is C27H29N3O2. The van der Waals surface area contributed by atoms with Crippen LogP contribution in [0.25, 0.3) is 11.0 Å². The molecule has 0 unspecified atom stereocenters. The average Bonchev–Trinajstić information content (AvgIpc) is 3.16. The molecule has 0 saturated carbocycles. The number of para-hydroxylation sites is 3. The lowest BCUT2D eigenvalue weighted by Gasteiger charge is -2.18. The van der Waals surface area contributed by atoms with Gasteiger partial charge in [0, 0.05) is 6.54 Å². The monoisotopic (exact) mass is 427 g/mol. The van der Waals surface area contributed by atoms with Crippen LogP contribution in [0.15, 0.2) is 54.6 Å². The Morgan fingerprint density at radius 1 is 0.969 bits per heavy atom. The summed E-state index contributed by atoms with van der Waals surface area (Å²) in [6.07, 6.45) is 0. The summed E-state index contributed by atoms with van der Waals surface area (Å²) in [5, 5.41) is 3.03. The van der Waals surface area contributed by atoms with Crippen LogP contribution in [0.5, 0.6) is 5.75 Å². The molecule has 1 aromatic heterocycles. The van der Waals surface area contributed by atoms with E-state index >= 15 is 0 Å². The Morgan fingerprint density at radius 2 is 1.62 bits per heavy atom. The number of ether oxygens (including phenoxy) is 1. The maximum absolute atomic E-state index is 12.9. The van der Waals surface area contributed by atoms with Gasteiger partial charge in [-0.1, -0.05) is 30.3 Å². The number of imidazole rings is 1. The van der Waals surface area contributed by atoms with Crippen LogP contribution in [0.2, 0.25) is 0 Å². The Kier molecular flexibility index (Phi) is 5.99. The maximum Gasteiger partial charge on any atom is 0.255 e. The number of nitrogens with one attached hydrogen (secondary N) is 1. The van der Waals surface area contributed by atoms with E-state index < -0.39 is 0 Å². The molecule has 32 heavy (non-hydrogen) atoms. The number of carbonyl (C=O) groups is 1. The van der Waals surface area contributed by atoms with Gasteiger partial charge in [-0.15, -0.1) is 0 Å². The van der Waals surface area contributed by atoms with E-state index in [1.54, 1.807) is 19.2 Å². The molecule has 3 aromatic carbocycles. The van der Waals surface area contributed by atoms with Crippen molar-refractivity contribution in [2.75, 3.05) is 7.11 Å². The van der Waals surface area contributed by atoms with Gasteiger partial charge in [0.05, 0.1) is 30.3 Å². The van der Waals surface area contributed by atoms with Gasteiger partial charge in [0.15, 0.2) is 0 Å². The Balaban J connectivity index is 1.70. The number of hydrogen-bond donors (Lipinski definition) is 1. The molecule has 5 nitrogen and oxygen atoms in total. The second-order valence-electron chi connectivity index (χ2n) is 8.22. The molecule has 0 aliphatic rings. The van der Waals surface area contributed by atoms with Crippen LogP contribution in [0.4, 0.5) is 0 Å². The minimum atomic E-state index is -0.181. The van der Waals surface area contributed by atoms with Crippen LogP contribution >= 0.6 is 0 Å². The Labute approximate surface area is 189 Å². The molecule has 0 radical (unpaired) electrons. The maximum atomic E-state index is 12.9. The number of amides is 1. The molecule has 0 spiro atoms. The summed E-state index contributed by atoms with van der Waals surface area (Å²) in [6, 6.07) is 17.6. The zero-order valence-electron chi connectivity index (χ0n) is 19.3. The van der Waals surface area contributed by atoms with Crippen molar-refractivity contribution >= 4 is 16.9 Å². The van der Waals surface area contributed by atoms with Crippen LogP contribution in [0, 0.1) is 27.7 Å². The van der Waals surface area contributed by atoms with Gasteiger partial charge in [-0.3, -0.25) is 4.79 Å². The minimum Gasteiger partial charge on any atom is -0.496 e. The zero-order valence-corrected chi connectivity index (χ0v) is 19.3. The third-order valence-corrected chi connectivity index (χ3v) is 6.33. The first-order valence-corrected chi connectivity index (χ1v) is 10.8. The number of carbonyl (C=O) groups excluding carboxylic acids is 1. The summed E-state index contributed by atoms with van der Waals surface area (Å²) >= 11 is 0. The van der Waals surface area contributed by atoms with Gasteiger partial charge in [0.2, 0.25) is 0 Å². The lowest BCUT2D eigenvalue weighted by molar-refractivity contribution is 0.0946. The van der Waals surface area contributed by atoms with E-state index in [4.69, 9.17) is 9.72 Å². The third kappa shape index (κ3) is 3.98. The third-order valence-electron chi connectivity index (χ3n) is 6.33. The molecule has 1 N–H and O–H groups in total. The highest BCUT2D eigenvalue weighted by atomic mass is 16.5. The van der Waals surface area contributed by atoms with Crippen molar-refractivity contribution in [1.82, 2.24) is 14.9 Å². The fraction of sp³-hybridized carbons (Fsp3) is 0.259. The molecule has 4 aromatic rings. The van der Waals surface area contributed by atoms with Crippen LogP contribution < -0.4 is 10.1 Å². The largest absolute Gasteiger partial charge is 0.496 e. The number of aryl methyl sites for hydroxylation is 2. The average molecular weight is 428 g/mol. The number of rotatable bonds is 6. The number of aromatic nitrogens is 2. The van der Waals surface area contributed by atoms with E-state index in [9.17, 15) is 4.79 Å². The van der Waals surface area contributed by atoms with Crippen molar-refractivity contribution in [2.24, 2.45) is 0 Å². The molecule has 0 aliphatic heterocycles. The normalized spacial score (nSPS) is 11.0. The highest BCUT2D eigenvalue weighted by Crippen LogP contribution is 2.25. The Bertz CT molecular complexity index is 1280. The van der Waals surface area contributed by atoms with Crippen LogP contribution in [-0.4, -0.2) is 22.6 Å². The minimum absolute atomic E-state index is 0.181. The zero-order chi connectivity index (χ0) is 22.8. The lowest BCUT2D eigenvalue weighted by Crippen LogP contribution is -2.25. The predicted molar refractivity (Wildman–Crippen MR) is 128 cm³/mol. The number of fused-ring (bicyclic) bond motifs is 1. The number of nitrogens with zero attached hydrogens (tertiary/aromatic N) is 2. The molecule has 1 amide bonds. The molecule has 0 saturated heterocycles. The van der Waals surface area contributed by atoms with E-state index in [1.807, 2.05) is 30.3 Å². The smallest absolute Gasteiger partial charge is 0.255 e. The highest BCUT2D eigenvalue weighted by molar-refractivity contribution is 5.96. The fourth-order valence-corrected chi connectivity index (χ4v) is 4.22. The molecule has 1 heterocycles. The summed E-state index contributed by atoms with van der Waals surface area (Å²) in [6.45, 7) is 9.71. The first-order chi connectivity index (χ1) is 15.4. The van der Waals surface area contributed by atoms with Gasteiger partial charge in [-0.25, -0.2) is 4.98 Å². The van der Waals surface area contributed by atoms with E-state index in [0.29, 0.717) is 24.4 Å². The summed E-state index contributed by atoms with van der Waals surface area (Å²) < 4.78 is 7.55. The fourth-order valence-electron chi connectivity index (χ4n) is 4.22. The molecule has 0 atom stereocenters. The van der Waals surface area contributed by atoms with Gasteiger partial charge in [-0.05, 0) is 79.8 Å². The van der Waals surface area contributed by atoms with Crippen molar-refractivity contribution in [3.05, 3.63) is 93.8 Å². The van der Waals surface area contributed by atoms with Crippen molar-refractivity contribution in [1.29, 1.82) is 0 Å². The molecule has 0 aliphatic carbocycles. The van der Waals surface area contributed by atoms with Crippen LogP contribution in [-0.2, 0) is 13.1 Å². The summed E-state index contributed by atoms with van der Waals surface area (Å²) in [4.78, 5) is 17.7. The predicted octanol–water partition coefficient (Wildman–Crippen LogP) is 5.26. The lowest BCUT2D eigenvalue weighted by atomic mass is 9.94. The quantitative estimate of drug-likeness (QED) is 0.457. The molecule has 0 fully saturated rings. The second-order valence-corrected chi connectivity index (χ2v) is 8.22.